The van der Waals surface area contributed by atoms with Gasteiger partial charge in [-0.2, -0.15) is 4.98 Å². The third kappa shape index (κ3) is 5.13. The molecule has 162 valence electrons. The molecule has 0 atom stereocenters. The molecule has 0 saturated carbocycles. The SMILES string of the molecule is COc1cccc(-c2noc(CN(C)C(=O)c3cccc(OCc4ccccc4)c3)n2)c1. The number of rotatable bonds is 8. The van der Waals surface area contributed by atoms with Gasteiger partial charge < -0.3 is 18.9 Å². The quantitative estimate of drug-likeness (QED) is 0.407. The summed E-state index contributed by atoms with van der Waals surface area (Å²) < 4.78 is 16.4. The Labute approximate surface area is 186 Å². The van der Waals surface area contributed by atoms with Crippen LogP contribution in [-0.4, -0.2) is 35.1 Å². The van der Waals surface area contributed by atoms with E-state index in [1.54, 1.807) is 32.4 Å². The van der Waals surface area contributed by atoms with Crippen molar-refractivity contribution in [1.82, 2.24) is 15.0 Å². The van der Waals surface area contributed by atoms with E-state index in [2.05, 4.69) is 10.1 Å². The van der Waals surface area contributed by atoms with Gasteiger partial charge in [0.2, 0.25) is 11.7 Å². The van der Waals surface area contributed by atoms with Gasteiger partial charge in [0.15, 0.2) is 0 Å². The van der Waals surface area contributed by atoms with Gasteiger partial charge in [-0.1, -0.05) is 53.7 Å². The Morgan fingerprint density at radius 2 is 1.75 bits per heavy atom. The van der Waals surface area contributed by atoms with Crippen LogP contribution in [-0.2, 0) is 13.2 Å². The molecule has 1 amide bonds. The van der Waals surface area contributed by atoms with Gasteiger partial charge in [0, 0.05) is 18.2 Å². The summed E-state index contributed by atoms with van der Waals surface area (Å²) in [6.45, 7) is 0.619. The van der Waals surface area contributed by atoms with E-state index in [1.807, 2.05) is 60.7 Å². The zero-order valence-corrected chi connectivity index (χ0v) is 17.9. The Morgan fingerprint density at radius 1 is 0.969 bits per heavy atom. The van der Waals surface area contributed by atoms with Gasteiger partial charge >= 0.3 is 0 Å². The molecule has 4 rings (SSSR count). The summed E-state index contributed by atoms with van der Waals surface area (Å²) in [7, 11) is 3.29. The third-order valence-electron chi connectivity index (χ3n) is 4.84. The number of hydrogen-bond acceptors (Lipinski definition) is 6. The minimum Gasteiger partial charge on any atom is -0.497 e. The summed E-state index contributed by atoms with van der Waals surface area (Å²) in [5, 5.41) is 4.01. The standard InChI is InChI=1S/C25H23N3O4/c1-28(16-23-26-24(27-32-23)19-10-6-12-21(14-19)30-2)25(29)20-11-7-13-22(15-20)31-17-18-8-4-3-5-9-18/h3-15H,16-17H2,1-2H3. The van der Waals surface area contributed by atoms with Crippen LogP contribution in [0.2, 0.25) is 0 Å². The molecule has 1 aromatic heterocycles. The van der Waals surface area contributed by atoms with E-state index in [0.29, 0.717) is 35.4 Å². The van der Waals surface area contributed by atoms with Crippen molar-refractivity contribution in [2.45, 2.75) is 13.2 Å². The Balaban J connectivity index is 1.40. The van der Waals surface area contributed by atoms with Crippen LogP contribution in [0.25, 0.3) is 11.4 Å². The first-order valence-corrected chi connectivity index (χ1v) is 10.1. The first kappa shape index (κ1) is 21.1. The Hall–Kier alpha value is -4.13. The van der Waals surface area contributed by atoms with Crippen molar-refractivity contribution in [3.05, 3.63) is 95.9 Å². The summed E-state index contributed by atoms with van der Waals surface area (Å²) in [6, 6.07) is 24.4. The molecular formula is C25H23N3O4. The van der Waals surface area contributed by atoms with Crippen LogP contribution in [0.5, 0.6) is 11.5 Å². The number of benzene rings is 3. The maximum absolute atomic E-state index is 12.9. The fraction of sp³-hybridized carbons (Fsp3) is 0.160. The molecule has 0 radical (unpaired) electrons. The molecule has 0 aliphatic rings. The Bertz CT molecular complexity index is 1190. The molecule has 0 N–H and O–H groups in total. The number of nitrogens with zero attached hydrogens (tertiary/aromatic N) is 3. The maximum Gasteiger partial charge on any atom is 0.254 e. The molecule has 0 aliphatic heterocycles. The van der Waals surface area contributed by atoms with Crippen LogP contribution >= 0.6 is 0 Å². The normalized spacial score (nSPS) is 10.6. The second-order valence-corrected chi connectivity index (χ2v) is 7.21. The number of aromatic nitrogens is 2. The number of carbonyl (C=O) groups excluding carboxylic acids is 1. The molecular weight excluding hydrogens is 406 g/mol. The monoisotopic (exact) mass is 429 g/mol. The van der Waals surface area contributed by atoms with E-state index in [1.165, 1.54) is 4.90 Å². The molecule has 3 aromatic carbocycles. The van der Waals surface area contributed by atoms with E-state index in [0.717, 1.165) is 11.1 Å². The van der Waals surface area contributed by atoms with E-state index >= 15 is 0 Å². The second-order valence-electron chi connectivity index (χ2n) is 7.21. The van der Waals surface area contributed by atoms with Gasteiger partial charge in [-0.05, 0) is 35.9 Å². The van der Waals surface area contributed by atoms with Crippen molar-refractivity contribution < 1.29 is 18.8 Å². The fourth-order valence-corrected chi connectivity index (χ4v) is 3.15. The van der Waals surface area contributed by atoms with Crippen LogP contribution in [0, 0.1) is 0 Å². The summed E-state index contributed by atoms with van der Waals surface area (Å²) in [6.07, 6.45) is 0. The molecule has 1 heterocycles. The van der Waals surface area contributed by atoms with Gasteiger partial charge in [0.1, 0.15) is 18.1 Å². The lowest BCUT2D eigenvalue weighted by Gasteiger charge is -2.15. The smallest absolute Gasteiger partial charge is 0.254 e. The zero-order valence-electron chi connectivity index (χ0n) is 17.9. The van der Waals surface area contributed by atoms with E-state index in [-0.39, 0.29) is 12.5 Å². The highest BCUT2D eigenvalue weighted by Gasteiger charge is 2.17. The molecule has 32 heavy (non-hydrogen) atoms. The van der Waals surface area contributed by atoms with E-state index in [9.17, 15) is 4.79 Å². The summed E-state index contributed by atoms with van der Waals surface area (Å²) in [4.78, 5) is 18.8. The average Bonchev–Trinajstić information content (AvgIpc) is 3.31. The average molecular weight is 429 g/mol. The molecule has 0 aliphatic carbocycles. The summed E-state index contributed by atoms with van der Waals surface area (Å²) in [5.74, 6) is 1.95. The van der Waals surface area contributed by atoms with Crippen LogP contribution in [0.15, 0.2) is 83.4 Å². The van der Waals surface area contributed by atoms with E-state index < -0.39 is 0 Å². The topological polar surface area (TPSA) is 77.7 Å². The van der Waals surface area contributed by atoms with Gasteiger partial charge in [-0.25, -0.2) is 0 Å². The zero-order chi connectivity index (χ0) is 22.3. The first-order valence-electron chi connectivity index (χ1n) is 10.1. The van der Waals surface area contributed by atoms with Crippen molar-refractivity contribution in [1.29, 1.82) is 0 Å². The van der Waals surface area contributed by atoms with Gasteiger partial charge in [0.05, 0.1) is 13.7 Å². The molecule has 0 bridgehead atoms. The third-order valence-corrected chi connectivity index (χ3v) is 4.84. The van der Waals surface area contributed by atoms with Crippen LogP contribution < -0.4 is 9.47 Å². The van der Waals surface area contributed by atoms with Crippen molar-refractivity contribution in [2.75, 3.05) is 14.2 Å². The molecule has 7 nitrogen and oxygen atoms in total. The summed E-state index contributed by atoms with van der Waals surface area (Å²) in [5.41, 5.74) is 2.35. The number of carbonyl (C=O) groups is 1. The highest BCUT2D eigenvalue weighted by molar-refractivity contribution is 5.94. The number of amides is 1. The number of methoxy groups -OCH3 is 1. The minimum atomic E-state index is -0.170. The Morgan fingerprint density at radius 3 is 2.56 bits per heavy atom. The van der Waals surface area contributed by atoms with Crippen molar-refractivity contribution in [2.24, 2.45) is 0 Å². The molecule has 0 spiro atoms. The molecule has 7 heteroatoms. The number of hydrogen-bond donors (Lipinski definition) is 0. The van der Waals surface area contributed by atoms with Crippen LogP contribution in [0.1, 0.15) is 21.8 Å². The Kier molecular flexibility index (Phi) is 6.46. The predicted molar refractivity (Wildman–Crippen MR) is 119 cm³/mol. The largest absolute Gasteiger partial charge is 0.497 e. The maximum atomic E-state index is 12.9. The number of ether oxygens (including phenoxy) is 2. The van der Waals surface area contributed by atoms with Gasteiger partial charge in [-0.15, -0.1) is 0 Å². The lowest BCUT2D eigenvalue weighted by molar-refractivity contribution is 0.0769. The first-order chi connectivity index (χ1) is 15.6. The van der Waals surface area contributed by atoms with E-state index in [4.69, 9.17) is 14.0 Å². The molecule has 0 fully saturated rings. The van der Waals surface area contributed by atoms with Crippen molar-refractivity contribution >= 4 is 5.91 Å². The molecule has 4 aromatic rings. The predicted octanol–water partition coefficient (Wildman–Crippen LogP) is 4.60. The molecule has 0 unspecified atom stereocenters. The van der Waals surface area contributed by atoms with Gasteiger partial charge in [-0.3, -0.25) is 4.79 Å². The lowest BCUT2D eigenvalue weighted by Crippen LogP contribution is -2.26. The van der Waals surface area contributed by atoms with Crippen molar-refractivity contribution in [3.63, 3.8) is 0 Å². The second kappa shape index (κ2) is 9.78. The minimum absolute atomic E-state index is 0.170. The van der Waals surface area contributed by atoms with Gasteiger partial charge in [0.25, 0.3) is 5.91 Å². The summed E-state index contributed by atoms with van der Waals surface area (Å²) >= 11 is 0. The lowest BCUT2D eigenvalue weighted by atomic mass is 10.2. The van der Waals surface area contributed by atoms with Crippen LogP contribution in [0.4, 0.5) is 0 Å². The van der Waals surface area contributed by atoms with Crippen LogP contribution in [0.3, 0.4) is 0 Å². The molecule has 0 saturated heterocycles. The van der Waals surface area contributed by atoms with Crippen molar-refractivity contribution in [3.8, 4) is 22.9 Å². The highest BCUT2D eigenvalue weighted by atomic mass is 16.5. The highest BCUT2D eigenvalue weighted by Crippen LogP contribution is 2.22. The fourth-order valence-electron chi connectivity index (χ4n) is 3.15.